The first-order chi connectivity index (χ1) is 10.4. The SMILES string of the molecule is COC(=O)c1sccc1S(=O)(=O)NCCN1CCC(C)CC1. The van der Waals surface area contributed by atoms with E-state index >= 15 is 0 Å². The number of likely N-dealkylation sites (tertiary alicyclic amines) is 1. The van der Waals surface area contributed by atoms with Crippen molar-refractivity contribution in [2.24, 2.45) is 5.92 Å². The molecule has 1 aliphatic heterocycles. The number of nitrogens with zero attached hydrogens (tertiary/aromatic N) is 1. The highest BCUT2D eigenvalue weighted by Gasteiger charge is 2.24. The molecule has 0 saturated carbocycles. The largest absolute Gasteiger partial charge is 0.465 e. The average Bonchev–Trinajstić information content (AvgIpc) is 2.99. The number of esters is 1. The van der Waals surface area contributed by atoms with Gasteiger partial charge < -0.3 is 9.64 Å². The summed E-state index contributed by atoms with van der Waals surface area (Å²) in [5.74, 6) is 0.127. The van der Waals surface area contributed by atoms with E-state index in [-0.39, 0.29) is 9.77 Å². The van der Waals surface area contributed by atoms with Gasteiger partial charge in [-0.3, -0.25) is 0 Å². The fourth-order valence-electron chi connectivity index (χ4n) is 2.45. The Balaban J connectivity index is 1.92. The van der Waals surface area contributed by atoms with Crippen molar-refractivity contribution in [2.75, 3.05) is 33.3 Å². The number of hydrogen-bond acceptors (Lipinski definition) is 6. The third-order valence-corrected chi connectivity index (χ3v) is 6.41. The second-order valence-corrected chi connectivity index (χ2v) is 8.18. The van der Waals surface area contributed by atoms with Crippen molar-refractivity contribution < 1.29 is 17.9 Å². The Kier molecular flexibility index (Phi) is 5.96. The van der Waals surface area contributed by atoms with E-state index < -0.39 is 16.0 Å². The summed E-state index contributed by atoms with van der Waals surface area (Å²) in [6.45, 7) is 5.28. The highest BCUT2D eigenvalue weighted by molar-refractivity contribution is 7.89. The molecule has 0 spiro atoms. The molecule has 22 heavy (non-hydrogen) atoms. The number of nitrogens with one attached hydrogen (secondary N) is 1. The molecule has 2 heterocycles. The molecule has 6 nitrogen and oxygen atoms in total. The van der Waals surface area contributed by atoms with Crippen LogP contribution in [0.4, 0.5) is 0 Å². The Morgan fingerprint density at radius 3 is 2.77 bits per heavy atom. The first kappa shape index (κ1) is 17.4. The molecule has 0 atom stereocenters. The van der Waals surface area contributed by atoms with Gasteiger partial charge in [-0.05, 0) is 43.3 Å². The van der Waals surface area contributed by atoms with Crippen LogP contribution in [0.1, 0.15) is 29.4 Å². The molecule has 0 radical (unpaired) electrons. The molecule has 1 aromatic rings. The lowest BCUT2D eigenvalue weighted by Gasteiger charge is -2.30. The summed E-state index contributed by atoms with van der Waals surface area (Å²) in [4.78, 5) is 14.0. The van der Waals surface area contributed by atoms with Crippen molar-refractivity contribution in [1.82, 2.24) is 9.62 Å². The van der Waals surface area contributed by atoms with E-state index in [2.05, 4.69) is 21.3 Å². The number of sulfonamides is 1. The maximum Gasteiger partial charge on any atom is 0.349 e. The summed E-state index contributed by atoms with van der Waals surface area (Å²) in [6.07, 6.45) is 2.31. The van der Waals surface area contributed by atoms with Gasteiger partial charge in [0.25, 0.3) is 0 Å². The normalized spacial score (nSPS) is 17.5. The second kappa shape index (κ2) is 7.54. The number of piperidine rings is 1. The molecule has 0 aliphatic carbocycles. The Morgan fingerprint density at radius 2 is 2.14 bits per heavy atom. The molecule has 0 amide bonds. The lowest BCUT2D eigenvalue weighted by molar-refractivity contribution is 0.0602. The van der Waals surface area contributed by atoms with E-state index in [1.165, 1.54) is 13.2 Å². The minimum absolute atomic E-state index is 0.00313. The van der Waals surface area contributed by atoms with Crippen LogP contribution in [0, 0.1) is 5.92 Å². The van der Waals surface area contributed by atoms with Gasteiger partial charge in [-0.2, -0.15) is 0 Å². The third kappa shape index (κ3) is 4.28. The van der Waals surface area contributed by atoms with Crippen LogP contribution in [-0.4, -0.2) is 52.6 Å². The minimum atomic E-state index is -3.68. The Hall–Kier alpha value is -0.960. The standard InChI is InChI=1S/C14H22N2O4S2/c1-11-3-7-16(8-4-11)9-6-15-22(18,19)12-5-10-21-13(12)14(17)20-2/h5,10-11,15H,3-4,6-9H2,1-2H3. The van der Waals surface area contributed by atoms with Gasteiger partial charge in [0.2, 0.25) is 10.0 Å². The van der Waals surface area contributed by atoms with Crippen molar-refractivity contribution in [3.63, 3.8) is 0 Å². The zero-order valence-corrected chi connectivity index (χ0v) is 14.5. The van der Waals surface area contributed by atoms with Gasteiger partial charge in [0.15, 0.2) is 0 Å². The molecule has 8 heteroatoms. The molecule has 0 bridgehead atoms. The summed E-state index contributed by atoms with van der Waals surface area (Å²) in [5, 5.41) is 1.58. The minimum Gasteiger partial charge on any atom is -0.465 e. The number of carbonyl (C=O) groups is 1. The predicted molar refractivity (Wildman–Crippen MR) is 85.7 cm³/mol. The maximum atomic E-state index is 12.3. The van der Waals surface area contributed by atoms with Crippen LogP contribution in [0.2, 0.25) is 0 Å². The molecular formula is C14H22N2O4S2. The highest BCUT2D eigenvalue weighted by atomic mass is 32.2. The van der Waals surface area contributed by atoms with Gasteiger partial charge >= 0.3 is 5.97 Å². The molecule has 1 aromatic heterocycles. The number of methoxy groups -OCH3 is 1. The van der Waals surface area contributed by atoms with E-state index in [4.69, 9.17) is 0 Å². The van der Waals surface area contributed by atoms with Gasteiger partial charge in [-0.1, -0.05) is 6.92 Å². The van der Waals surface area contributed by atoms with Crippen molar-refractivity contribution in [2.45, 2.75) is 24.7 Å². The molecule has 1 saturated heterocycles. The number of thiophene rings is 1. The molecule has 1 aliphatic rings. The van der Waals surface area contributed by atoms with Crippen molar-refractivity contribution in [3.05, 3.63) is 16.3 Å². The molecule has 0 unspecified atom stereocenters. The van der Waals surface area contributed by atoms with Crippen molar-refractivity contribution >= 4 is 27.3 Å². The van der Waals surface area contributed by atoms with E-state index in [0.29, 0.717) is 13.1 Å². The van der Waals surface area contributed by atoms with E-state index in [9.17, 15) is 13.2 Å². The number of rotatable bonds is 6. The first-order valence-electron chi connectivity index (χ1n) is 7.32. The monoisotopic (exact) mass is 346 g/mol. The van der Waals surface area contributed by atoms with Crippen LogP contribution < -0.4 is 4.72 Å². The molecule has 2 rings (SSSR count). The quantitative estimate of drug-likeness (QED) is 0.791. The van der Waals surface area contributed by atoms with E-state index in [1.807, 2.05) is 0 Å². The number of hydrogen-bond donors (Lipinski definition) is 1. The second-order valence-electron chi connectivity index (χ2n) is 5.53. The summed E-state index contributed by atoms with van der Waals surface area (Å²) in [6, 6.07) is 1.43. The Bertz CT molecular complexity index is 604. The fraction of sp³-hybridized carbons (Fsp3) is 0.643. The molecule has 1 fully saturated rings. The van der Waals surface area contributed by atoms with Crippen LogP contribution in [0.5, 0.6) is 0 Å². The van der Waals surface area contributed by atoms with Gasteiger partial charge in [-0.15, -0.1) is 11.3 Å². The average molecular weight is 346 g/mol. The lowest BCUT2D eigenvalue weighted by Crippen LogP contribution is -2.39. The molecule has 1 N–H and O–H groups in total. The highest BCUT2D eigenvalue weighted by Crippen LogP contribution is 2.22. The van der Waals surface area contributed by atoms with E-state index in [1.54, 1.807) is 5.38 Å². The van der Waals surface area contributed by atoms with Crippen molar-refractivity contribution in [1.29, 1.82) is 0 Å². The lowest BCUT2D eigenvalue weighted by atomic mass is 9.99. The summed E-state index contributed by atoms with van der Waals surface area (Å²) in [7, 11) is -2.44. The van der Waals surface area contributed by atoms with Crippen LogP contribution in [-0.2, 0) is 14.8 Å². The zero-order chi connectivity index (χ0) is 16.2. The van der Waals surface area contributed by atoms with Gasteiger partial charge in [0.05, 0.1) is 7.11 Å². The molecule has 0 aromatic carbocycles. The predicted octanol–water partition coefficient (Wildman–Crippen LogP) is 1.54. The topological polar surface area (TPSA) is 75.7 Å². The summed E-state index contributed by atoms with van der Waals surface area (Å²) in [5.41, 5.74) is 0. The maximum absolute atomic E-state index is 12.3. The van der Waals surface area contributed by atoms with Crippen LogP contribution in [0.25, 0.3) is 0 Å². The molecule has 124 valence electrons. The smallest absolute Gasteiger partial charge is 0.349 e. The molecular weight excluding hydrogens is 324 g/mol. The van der Waals surface area contributed by atoms with Crippen molar-refractivity contribution in [3.8, 4) is 0 Å². The van der Waals surface area contributed by atoms with Crippen LogP contribution >= 0.6 is 11.3 Å². The van der Waals surface area contributed by atoms with Crippen LogP contribution in [0.3, 0.4) is 0 Å². The Labute approximate surface area is 135 Å². The number of carbonyl (C=O) groups excluding carboxylic acids is 1. The van der Waals surface area contributed by atoms with Gasteiger partial charge in [0.1, 0.15) is 9.77 Å². The van der Waals surface area contributed by atoms with Crippen LogP contribution in [0.15, 0.2) is 16.3 Å². The van der Waals surface area contributed by atoms with Gasteiger partial charge in [-0.25, -0.2) is 17.9 Å². The Morgan fingerprint density at radius 1 is 1.45 bits per heavy atom. The zero-order valence-electron chi connectivity index (χ0n) is 12.9. The summed E-state index contributed by atoms with van der Waals surface area (Å²) < 4.78 is 31.8. The van der Waals surface area contributed by atoms with E-state index in [0.717, 1.165) is 43.2 Å². The summed E-state index contributed by atoms with van der Waals surface area (Å²) >= 11 is 1.07. The third-order valence-electron chi connectivity index (χ3n) is 3.89. The first-order valence-corrected chi connectivity index (χ1v) is 9.68. The van der Waals surface area contributed by atoms with Gasteiger partial charge in [0, 0.05) is 13.1 Å². The number of ether oxygens (including phenoxy) is 1. The fourth-order valence-corrected chi connectivity index (χ4v) is 4.81.